The van der Waals surface area contributed by atoms with Crippen LogP contribution in [0, 0.1) is 24.4 Å². The predicted octanol–water partition coefficient (Wildman–Crippen LogP) is 5.68. The molecule has 0 amide bonds. The molecule has 5 aromatic rings. The van der Waals surface area contributed by atoms with E-state index in [4.69, 9.17) is 10.5 Å². The predicted molar refractivity (Wildman–Crippen MR) is 126 cm³/mol. The highest BCUT2D eigenvalue weighted by Gasteiger charge is 2.26. The molecule has 0 saturated heterocycles. The fourth-order valence-corrected chi connectivity index (χ4v) is 4.10. The number of halogens is 3. The number of hydrogen-bond acceptors (Lipinski definition) is 5. The minimum absolute atomic E-state index is 0.00217. The average Bonchev–Trinajstić information content (AvgIpc) is 3.12. The Hall–Kier alpha value is -4.53. The van der Waals surface area contributed by atoms with Gasteiger partial charge in [-0.05, 0) is 36.8 Å². The Balaban J connectivity index is 1.68. The fraction of sp³-hybridized carbons (Fsp3) is 0.0769. The summed E-state index contributed by atoms with van der Waals surface area (Å²) in [5.74, 6) is -2.95. The van der Waals surface area contributed by atoms with Crippen LogP contribution in [0.5, 0.6) is 11.6 Å². The molecule has 0 aliphatic heterocycles. The summed E-state index contributed by atoms with van der Waals surface area (Å²) in [6.45, 7) is 1.76. The van der Waals surface area contributed by atoms with Crippen molar-refractivity contribution in [3.63, 3.8) is 0 Å². The van der Waals surface area contributed by atoms with Gasteiger partial charge in [0.25, 0.3) is 0 Å². The number of anilines is 1. The lowest BCUT2D eigenvalue weighted by Gasteiger charge is -2.15. The fourth-order valence-electron chi connectivity index (χ4n) is 4.10. The minimum Gasteiger partial charge on any atom is -0.492 e. The smallest absolute Gasteiger partial charge is 0.239 e. The summed E-state index contributed by atoms with van der Waals surface area (Å²) in [7, 11) is 0. The van der Waals surface area contributed by atoms with Crippen LogP contribution in [0.4, 0.5) is 18.9 Å². The highest BCUT2D eigenvalue weighted by molar-refractivity contribution is 5.93. The zero-order valence-electron chi connectivity index (χ0n) is 18.5. The van der Waals surface area contributed by atoms with E-state index in [0.717, 1.165) is 30.1 Å². The molecule has 0 atom stereocenters. The van der Waals surface area contributed by atoms with Crippen LogP contribution in [0.1, 0.15) is 11.1 Å². The molecule has 0 saturated carbocycles. The summed E-state index contributed by atoms with van der Waals surface area (Å²) in [5, 5.41) is 10.5. The quantitative estimate of drug-likeness (QED) is 0.319. The van der Waals surface area contributed by atoms with Gasteiger partial charge in [0.2, 0.25) is 5.88 Å². The van der Waals surface area contributed by atoms with Gasteiger partial charge >= 0.3 is 0 Å². The van der Waals surface area contributed by atoms with Gasteiger partial charge in [-0.1, -0.05) is 30.3 Å². The van der Waals surface area contributed by atoms with Crippen molar-refractivity contribution in [1.29, 1.82) is 0 Å². The second-order valence-corrected chi connectivity index (χ2v) is 7.95. The maximum Gasteiger partial charge on any atom is 0.239 e. The molecule has 0 aliphatic carbocycles. The maximum atomic E-state index is 15.1. The Labute approximate surface area is 198 Å². The average molecular weight is 476 g/mol. The van der Waals surface area contributed by atoms with Crippen molar-refractivity contribution in [2.75, 3.05) is 5.73 Å². The zero-order valence-corrected chi connectivity index (χ0v) is 18.5. The molecule has 9 heteroatoms. The molecular weight excluding hydrogens is 457 g/mol. The third-order valence-electron chi connectivity index (χ3n) is 5.67. The number of nitrogen functional groups attached to an aromatic ring is 1. The Morgan fingerprint density at radius 3 is 2.34 bits per heavy atom. The standard InChI is InChI=1S/C26H19F3N4O2/c1-14-23-25(26(34)32-13-31-23)33(24(14)22-19(28)9-16(30)10-20(22)29)17-7-8-21(18(27)11-17)35-12-15-5-3-2-4-6-15/h2-11,13H,12,30H2,1H3,(H,31,32,34). The van der Waals surface area contributed by atoms with E-state index in [1.807, 2.05) is 30.3 Å². The summed E-state index contributed by atoms with van der Waals surface area (Å²) in [6.07, 6.45) is 1.13. The zero-order chi connectivity index (χ0) is 24.7. The highest BCUT2D eigenvalue weighted by atomic mass is 19.1. The van der Waals surface area contributed by atoms with E-state index in [1.165, 1.54) is 16.7 Å². The Morgan fingerprint density at radius 2 is 1.66 bits per heavy atom. The monoisotopic (exact) mass is 476 g/mol. The molecule has 0 radical (unpaired) electrons. The van der Waals surface area contributed by atoms with Gasteiger partial charge in [-0.25, -0.2) is 23.1 Å². The number of aromatic nitrogens is 3. The molecule has 0 bridgehead atoms. The number of rotatable bonds is 5. The van der Waals surface area contributed by atoms with E-state index in [-0.39, 0.29) is 46.0 Å². The molecule has 6 nitrogen and oxygen atoms in total. The number of fused-ring (bicyclic) bond motifs is 1. The molecule has 2 heterocycles. The van der Waals surface area contributed by atoms with Gasteiger partial charge < -0.3 is 20.1 Å². The Morgan fingerprint density at radius 1 is 0.943 bits per heavy atom. The molecule has 0 unspecified atom stereocenters. The van der Waals surface area contributed by atoms with Crippen molar-refractivity contribution in [1.82, 2.24) is 14.5 Å². The second kappa shape index (κ2) is 8.68. The summed E-state index contributed by atoms with van der Waals surface area (Å²) in [6, 6.07) is 15.3. The van der Waals surface area contributed by atoms with Crippen LogP contribution in [0.3, 0.4) is 0 Å². The summed E-state index contributed by atoms with van der Waals surface area (Å²) in [4.78, 5) is 7.98. The largest absolute Gasteiger partial charge is 0.492 e. The number of aryl methyl sites for hydroxylation is 1. The van der Waals surface area contributed by atoms with Gasteiger partial charge in [-0.15, -0.1) is 0 Å². The van der Waals surface area contributed by atoms with Gasteiger partial charge in [0.1, 0.15) is 30.1 Å². The van der Waals surface area contributed by atoms with Crippen molar-refractivity contribution in [3.8, 4) is 28.6 Å². The van der Waals surface area contributed by atoms with Crippen LogP contribution in [0.2, 0.25) is 0 Å². The van der Waals surface area contributed by atoms with Gasteiger partial charge in [-0.3, -0.25) is 0 Å². The number of benzene rings is 3. The number of nitrogens with two attached hydrogens (primary N) is 1. The molecule has 0 aliphatic rings. The lowest BCUT2D eigenvalue weighted by atomic mass is 10.1. The van der Waals surface area contributed by atoms with E-state index >= 15 is 4.39 Å². The first-order valence-electron chi connectivity index (χ1n) is 10.6. The van der Waals surface area contributed by atoms with E-state index in [2.05, 4.69) is 9.97 Å². The molecule has 3 aromatic carbocycles. The van der Waals surface area contributed by atoms with Gasteiger partial charge in [-0.2, -0.15) is 0 Å². The van der Waals surface area contributed by atoms with Crippen molar-refractivity contribution >= 4 is 16.7 Å². The second-order valence-electron chi connectivity index (χ2n) is 7.95. The Kier molecular flexibility index (Phi) is 5.52. The Bertz CT molecular complexity index is 1550. The third kappa shape index (κ3) is 3.90. The lowest BCUT2D eigenvalue weighted by Crippen LogP contribution is -2.04. The van der Waals surface area contributed by atoms with Crippen molar-refractivity contribution in [2.45, 2.75) is 13.5 Å². The van der Waals surface area contributed by atoms with Gasteiger partial charge in [0, 0.05) is 23.0 Å². The van der Waals surface area contributed by atoms with E-state index in [1.54, 1.807) is 6.92 Å². The lowest BCUT2D eigenvalue weighted by molar-refractivity contribution is 0.290. The molecule has 0 fully saturated rings. The molecule has 5 rings (SSSR count). The first-order valence-corrected chi connectivity index (χ1v) is 10.6. The van der Waals surface area contributed by atoms with Crippen LogP contribution < -0.4 is 10.5 Å². The summed E-state index contributed by atoms with van der Waals surface area (Å²) < 4.78 is 52.0. The van der Waals surface area contributed by atoms with E-state index in [0.29, 0.717) is 5.56 Å². The molecule has 176 valence electrons. The number of aromatic hydroxyl groups is 1. The van der Waals surface area contributed by atoms with Crippen LogP contribution >= 0.6 is 0 Å². The van der Waals surface area contributed by atoms with E-state index < -0.39 is 23.3 Å². The maximum absolute atomic E-state index is 15.1. The molecule has 35 heavy (non-hydrogen) atoms. The summed E-state index contributed by atoms with van der Waals surface area (Å²) >= 11 is 0. The van der Waals surface area contributed by atoms with Gasteiger partial charge in [0.15, 0.2) is 11.6 Å². The highest BCUT2D eigenvalue weighted by Crippen LogP contribution is 2.40. The third-order valence-corrected chi connectivity index (χ3v) is 5.67. The first kappa shape index (κ1) is 22.3. The molecular formula is C26H19F3N4O2. The molecule has 3 N–H and O–H groups in total. The minimum atomic E-state index is -0.912. The number of ether oxygens (including phenoxy) is 1. The van der Waals surface area contributed by atoms with Crippen molar-refractivity contribution in [3.05, 3.63) is 95.6 Å². The SMILES string of the molecule is Cc1c(-c2c(F)cc(N)cc2F)n(-c2ccc(OCc3ccccc3)c(F)c2)c2c(O)ncnc12. The van der Waals surface area contributed by atoms with Crippen LogP contribution in [-0.2, 0) is 6.61 Å². The van der Waals surface area contributed by atoms with Crippen LogP contribution in [0.25, 0.3) is 28.0 Å². The topological polar surface area (TPSA) is 86.2 Å². The summed E-state index contributed by atoms with van der Waals surface area (Å²) in [5.41, 5.74) is 6.90. The first-order chi connectivity index (χ1) is 16.8. The van der Waals surface area contributed by atoms with Crippen LogP contribution in [-0.4, -0.2) is 19.6 Å². The number of hydrogen-bond donors (Lipinski definition) is 2. The molecule has 0 spiro atoms. The van der Waals surface area contributed by atoms with E-state index in [9.17, 15) is 13.9 Å². The number of nitrogens with zero attached hydrogens (tertiary/aromatic N) is 3. The van der Waals surface area contributed by atoms with Gasteiger partial charge in [0.05, 0.1) is 16.8 Å². The van der Waals surface area contributed by atoms with Crippen LogP contribution in [0.15, 0.2) is 67.0 Å². The van der Waals surface area contributed by atoms with Crippen molar-refractivity contribution < 1.29 is 23.0 Å². The normalized spacial score (nSPS) is 11.2. The molecule has 2 aromatic heterocycles. The van der Waals surface area contributed by atoms with Crippen molar-refractivity contribution in [2.24, 2.45) is 0 Å².